The van der Waals surface area contributed by atoms with Gasteiger partial charge in [0.25, 0.3) is 5.91 Å². The molecule has 0 aliphatic rings. The van der Waals surface area contributed by atoms with E-state index in [1.807, 2.05) is 6.92 Å². The van der Waals surface area contributed by atoms with E-state index in [1.54, 1.807) is 19.1 Å². The highest BCUT2D eigenvalue weighted by Gasteiger charge is 2.13. The first kappa shape index (κ1) is 17.6. The molecule has 1 aromatic carbocycles. The van der Waals surface area contributed by atoms with Crippen molar-refractivity contribution in [2.75, 3.05) is 27.4 Å². The topological polar surface area (TPSA) is 73.9 Å². The SMILES string of the molecule is CCOC(=O)/C=C\CNC(=O)c1cc(OC)c(OC)cc1C. The van der Waals surface area contributed by atoms with Gasteiger partial charge in [-0.05, 0) is 31.5 Å². The number of nitrogens with one attached hydrogen (secondary N) is 1. The van der Waals surface area contributed by atoms with Gasteiger partial charge in [-0.15, -0.1) is 0 Å². The van der Waals surface area contributed by atoms with Gasteiger partial charge in [-0.3, -0.25) is 4.79 Å². The minimum absolute atomic E-state index is 0.228. The number of hydrogen-bond donors (Lipinski definition) is 1. The average Bonchev–Trinajstić information content (AvgIpc) is 2.51. The van der Waals surface area contributed by atoms with E-state index in [0.29, 0.717) is 23.7 Å². The lowest BCUT2D eigenvalue weighted by atomic mass is 10.1. The van der Waals surface area contributed by atoms with Crippen molar-refractivity contribution in [3.63, 3.8) is 0 Å². The Labute approximate surface area is 130 Å². The highest BCUT2D eigenvalue weighted by Crippen LogP contribution is 2.30. The van der Waals surface area contributed by atoms with E-state index < -0.39 is 5.97 Å². The van der Waals surface area contributed by atoms with Crippen LogP contribution in [0, 0.1) is 6.92 Å². The zero-order valence-corrected chi connectivity index (χ0v) is 13.3. The fourth-order valence-corrected chi connectivity index (χ4v) is 1.82. The Bertz CT molecular complexity index is 566. The molecule has 6 heteroatoms. The molecule has 0 aliphatic carbocycles. The van der Waals surface area contributed by atoms with Crippen LogP contribution >= 0.6 is 0 Å². The number of benzene rings is 1. The Morgan fingerprint density at radius 2 is 1.82 bits per heavy atom. The maximum Gasteiger partial charge on any atom is 0.330 e. The molecule has 0 atom stereocenters. The van der Waals surface area contributed by atoms with E-state index >= 15 is 0 Å². The second kappa shape index (κ2) is 8.71. The van der Waals surface area contributed by atoms with E-state index in [4.69, 9.17) is 14.2 Å². The molecule has 0 saturated carbocycles. The summed E-state index contributed by atoms with van der Waals surface area (Å²) >= 11 is 0. The van der Waals surface area contributed by atoms with Crippen molar-refractivity contribution in [2.24, 2.45) is 0 Å². The summed E-state index contributed by atoms with van der Waals surface area (Å²) in [5.41, 5.74) is 1.26. The van der Waals surface area contributed by atoms with E-state index in [-0.39, 0.29) is 12.5 Å². The quantitative estimate of drug-likeness (QED) is 0.615. The minimum Gasteiger partial charge on any atom is -0.493 e. The largest absolute Gasteiger partial charge is 0.493 e. The van der Waals surface area contributed by atoms with E-state index in [0.717, 1.165) is 5.56 Å². The van der Waals surface area contributed by atoms with Crippen LogP contribution in [0.1, 0.15) is 22.8 Å². The molecule has 22 heavy (non-hydrogen) atoms. The van der Waals surface area contributed by atoms with Crippen LogP contribution in [0.5, 0.6) is 11.5 Å². The predicted molar refractivity (Wildman–Crippen MR) is 82.4 cm³/mol. The van der Waals surface area contributed by atoms with Crippen LogP contribution in [0.2, 0.25) is 0 Å². The molecule has 120 valence electrons. The van der Waals surface area contributed by atoms with Crippen molar-refractivity contribution in [3.05, 3.63) is 35.4 Å². The van der Waals surface area contributed by atoms with Crippen molar-refractivity contribution in [1.82, 2.24) is 5.32 Å². The van der Waals surface area contributed by atoms with Crippen molar-refractivity contribution in [3.8, 4) is 11.5 Å². The molecule has 1 N–H and O–H groups in total. The smallest absolute Gasteiger partial charge is 0.330 e. The summed E-state index contributed by atoms with van der Waals surface area (Å²) in [5.74, 6) is 0.366. The highest BCUT2D eigenvalue weighted by molar-refractivity contribution is 5.96. The Morgan fingerprint density at radius 1 is 1.18 bits per heavy atom. The zero-order valence-electron chi connectivity index (χ0n) is 13.3. The second-order valence-corrected chi connectivity index (χ2v) is 4.39. The summed E-state index contributed by atoms with van der Waals surface area (Å²) in [4.78, 5) is 23.3. The average molecular weight is 307 g/mol. The first-order valence-electron chi connectivity index (χ1n) is 6.87. The number of methoxy groups -OCH3 is 2. The molecule has 0 radical (unpaired) electrons. The number of carbonyl (C=O) groups is 2. The number of carbonyl (C=O) groups excluding carboxylic acids is 2. The van der Waals surface area contributed by atoms with Crippen LogP contribution in [0.3, 0.4) is 0 Å². The highest BCUT2D eigenvalue weighted by atomic mass is 16.5. The van der Waals surface area contributed by atoms with E-state index in [2.05, 4.69) is 5.32 Å². The van der Waals surface area contributed by atoms with Gasteiger partial charge in [-0.25, -0.2) is 4.79 Å². The Kier molecular flexibility index (Phi) is 6.95. The molecule has 0 aliphatic heterocycles. The lowest BCUT2D eigenvalue weighted by molar-refractivity contribution is -0.137. The van der Waals surface area contributed by atoms with Crippen LogP contribution < -0.4 is 14.8 Å². The maximum atomic E-state index is 12.1. The van der Waals surface area contributed by atoms with Crippen molar-refractivity contribution >= 4 is 11.9 Å². The number of rotatable bonds is 7. The minimum atomic E-state index is -0.431. The summed E-state index contributed by atoms with van der Waals surface area (Å²) in [5, 5.41) is 2.70. The predicted octanol–water partition coefficient (Wildman–Crippen LogP) is 1.86. The zero-order chi connectivity index (χ0) is 16.5. The first-order chi connectivity index (χ1) is 10.5. The lowest BCUT2D eigenvalue weighted by Gasteiger charge is -2.12. The fourth-order valence-electron chi connectivity index (χ4n) is 1.82. The van der Waals surface area contributed by atoms with Crippen LogP contribution in [0.4, 0.5) is 0 Å². The van der Waals surface area contributed by atoms with Gasteiger partial charge in [0.15, 0.2) is 11.5 Å². The molecule has 0 bridgehead atoms. The third-order valence-electron chi connectivity index (χ3n) is 2.90. The third kappa shape index (κ3) is 4.80. The molecule has 0 fully saturated rings. The van der Waals surface area contributed by atoms with Crippen LogP contribution in [-0.4, -0.2) is 39.2 Å². The molecule has 0 aromatic heterocycles. The Morgan fingerprint density at radius 3 is 2.41 bits per heavy atom. The molecule has 0 unspecified atom stereocenters. The standard InChI is InChI=1S/C16H21NO5/c1-5-22-15(18)7-6-8-17-16(19)12-10-14(21-4)13(20-3)9-11(12)2/h6-7,9-10H,5,8H2,1-4H3,(H,17,19)/b7-6-. The van der Waals surface area contributed by atoms with Gasteiger partial charge >= 0.3 is 5.97 Å². The van der Waals surface area contributed by atoms with Gasteiger partial charge in [-0.1, -0.05) is 6.08 Å². The summed E-state index contributed by atoms with van der Waals surface area (Å²) < 4.78 is 15.1. The molecule has 1 amide bonds. The number of amides is 1. The van der Waals surface area contributed by atoms with Gasteiger partial charge < -0.3 is 19.5 Å². The summed E-state index contributed by atoms with van der Waals surface area (Å²) in [7, 11) is 3.05. The van der Waals surface area contributed by atoms with Gasteiger partial charge in [0, 0.05) is 18.2 Å². The molecule has 0 saturated heterocycles. The number of esters is 1. The first-order valence-corrected chi connectivity index (χ1v) is 6.87. The number of aryl methyl sites for hydroxylation is 1. The van der Waals surface area contributed by atoms with Crippen molar-refractivity contribution in [1.29, 1.82) is 0 Å². The summed E-state index contributed by atoms with van der Waals surface area (Å²) in [6, 6.07) is 3.36. The summed E-state index contributed by atoms with van der Waals surface area (Å²) in [6.07, 6.45) is 2.82. The Balaban J connectivity index is 2.72. The summed E-state index contributed by atoms with van der Waals surface area (Å²) in [6.45, 7) is 4.09. The Hall–Kier alpha value is -2.50. The fraction of sp³-hybridized carbons (Fsp3) is 0.375. The second-order valence-electron chi connectivity index (χ2n) is 4.39. The van der Waals surface area contributed by atoms with Crippen LogP contribution in [0.25, 0.3) is 0 Å². The number of ether oxygens (including phenoxy) is 3. The van der Waals surface area contributed by atoms with Crippen LogP contribution in [0.15, 0.2) is 24.3 Å². The molecule has 1 aromatic rings. The van der Waals surface area contributed by atoms with Gasteiger partial charge in [0.1, 0.15) is 0 Å². The van der Waals surface area contributed by atoms with Crippen molar-refractivity contribution in [2.45, 2.75) is 13.8 Å². The lowest BCUT2D eigenvalue weighted by Crippen LogP contribution is -2.24. The molecule has 1 rings (SSSR count). The molecular weight excluding hydrogens is 286 g/mol. The van der Waals surface area contributed by atoms with E-state index in [1.165, 1.54) is 26.4 Å². The third-order valence-corrected chi connectivity index (χ3v) is 2.90. The van der Waals surface area contributed by atoms with Gasteiger partial charge in [-0.2, -0.15) is 0 Å². The number of hydrogen-bond acceptors (Lipinski definition) is 5. The van der Waals surface area contributed by atoms with Gasteiger partial charge in [0.05, 0.1) is 20.8 Å². The molecule has 6 nitrogen and oxygen atoms in total. The molecular formula is C16H21NO5. The van der Waals surface area contributed by atoms with Crippen molar-refractivity contribution < 1.29 is 23.8 Å². The van der Waals surface area contributed by atoms with Gasteiger partial charge in [0.2, 0.25) is 0 Å². The van der Waals surface area contributed by atoms with Crippen LogP contribution in [-0.2, 0) is 9.53 Å². The molecule has 0 heterocycles. The monoisotopic (exact) mass is 307 g/mol. The maximum absolute atomic E-state index is 12.1. The molecule has 0 spiro atoms. The van der Waals surface area contributed by atoms with E-state index in [9.17, 15) is 9.59 Å². The normalized spacial score (nSPS) is 10.4.